The number of hydroxylamine groups is 1. The van der Waals surface area contributed by atoms with Crippen LogP contribution in [0.5, 0.6) is 5.75 Å². The van der Waals surface area contributed by atoms with Gasteiger partial charge in [0.25, 0.3) is 0 Å². The lowest BCUT2D eigenvalue weighted by Gasteiger charge is -2.06. The first-order valence-corrected chi connectivity index (χ1v) is 6.04. The van der Waals surface area contributed by atoms with E-state index in [1.165, 1.54) is 6.07 Å². The molecule has 0 spiro atoms. The van der Waals surface area contributed by atoms with Gasteiger partial charge in [0, 0.05) is 6.42 Å². The molecule has 0 bridgehead atoms. The Labute approximate surface area is 106 Å². The van der Waals surface area contributed by atoms with Gasteiger partial charge in [0.2, 0.25) is 5.91 Å². The average molecular weight is 255 g/mol. The van der Waals surface area contributed by atoms with Gasteiger partial charge >= 0.3 is 0 Å². The largest absolute Gasteiger partial charge is 0.491 e. The number of carbonyl (C=O) groups excluding carboxylic acids is 1. The second-order valence-electron chi connectivity index (χ2n) is 3.98. The Balaban J connectivity index is 2.02. The van der Waals surface area contributed by atoms with E-state index in [0.29, 0.717) is 13.0 Å². The minimum absolute atomic E-state index is 0.275. The quantitative estimate of drug-likeness (QED) is 0.426. The third-order valence-electron chi connectivity index (χ3n) is 2.52. The van der Waals surface area contributed by atoms with Crippen LogP contribution in [0.1, 0.15) is 32.1 Å². The molecule has 1 aromatic carbocycles. The van der Waals surface area contributed by atoms with E-state index in [1.807, 2.05) is 0 Å². The van der Waals surface area contributed by atoms with Crippen molar-refractivity contribution in [1.82, 2.24) is 5.48 Å². The molecule has 0 aliphatic carbocycles. The van der Waals surface area contributed by atoms with Gasteiger partial charge in [-0.15, -0.1) is 0 Å². The molecule has 1 rings (SSSR count). The maximum absolute atomic E-state index is 13.2. The van der Waals surface area contributed by atoms with Crippen LogP contribution in [-0.4, -0.2) is 17.7 Å². The van der Waals surface area contributed by atoms with Crippen LogP contribution in [0.25, 0.3) is 0 Å². The summed E-state index contributed by atoms with van der Waals surface area (Å²) in [6.45, 7) is 0.465. The summed E-state index contributed by atoms with van der Waals surface area (Å²) in [5.74, 6) is -0.438. The predicted molar refractivity (Wildman–Crippen MR) is 64.9 cm³/mol. The highest BCUT2D eigenvalue weighted by Crippen LogP contribution is 2.15. The highest BCUT2D eigenvalue weighted by Gasteiger charge is 2.01. The molecule has 0 aromatic heterocycles. The van der Waals surface area contributed by atoms with Crippen LogP contribution in [0.3, 0.4) is 0 Å². The first-order chi connectivity index (χ1) is 8.74. The van der Waals surface area contributed by atoms with E-state index in [2.05, 4.69) is 0 Å². The van der Waals surface area contributed by atoms with Crippen molar-refractivity contribution in [3.8, 4) is 5.75 Å². The van der Waals surface area contributed by atoms with Crippen LogP contribution in [0, 0.1) is 5.82 Å². The lowest BCUT2D eigenvalue weighted by molar-refractivity contribution is -0.129. The Hall–Kier alpha value is -1.62. The van der Waals surface area contributed by atoms with E-state index in [4.69, 9.17) is 9.94 Å². The minimum Gasteiger partial charge on any atom is -0.491 e. The topological polar surface area (TPSA) is 58.6 Å². The Morgan fingerprint density at radius 2 is 1.94 bits per heavy atom. The standard InChI is InChI=1S/C13H18FNO3/c14-11-7-4-5-8-12(11)18-10-6-2-1-3-9-13(16)15-17/h4-5,7-8,17H,1-3,6,9-10H2,(H,15,16). The van der Waals surface area contributed by atoms with Gasteiger partial charge in [0.15, 0.2) is 11.6 Å². The van der Waals surface area contributed by atoms with Gasteiger partial charge in [-0.2, -0.15) is 0 Å². The second kappa shape index (κ2) is 8.47. The first kappa shape index (κ1) is 14.4. The number of nitrogens with one attached hydrogen (secondary N) is 1. The molecule has 0 saturated heterocycles. The molecule has 0 radical (unpaired) electrons. The zero-order chi connectivity index (χ0) is 13.2. The number of carbonyl (C=O) groups is 1. The second-order valence-corrected chi connectivity index (χ2v) is 3.98. The smallest absolute Gasteiger partial charge is 0.243 e. The van der Waals surface area contributed by atoms with Crippen molar-refractivity contribution in [2.75, 3.05) is 6.61 Å². The van der Waals surface area contributed by atoms with Crippen LogP contribution < -0.4 is 10.2 Å². The van der Waals surface area contributed by atoms with E-state index >= 15 is 0 Å². The molecule has 2 N–H and O–H groups in total. The van der Waals surface area contributed by atoms with Crippen LogP contribution in [0.15, 0.2) is 24.3 Å². The number of benzene rings is 1. The van der Waals surface area contributed by atoms with Crippen molar-refractivity contribution in [3.05, 3.63) is 30.1 Å². The SMILES string of the molecule is O=C(CCCCCCOc1ccccc1F)NO. The monoisotopic (exact) mass is 255 g/mol. The zero-order valence-electron chi connectivity index (χ0n) is 10.2. The molecule has 0 atom stereocenters. The predicted octanol–water partition coefficient (Wildman–Crippen LogP) is 2.66. The highest BCUT2D eigenvalue weighted by molar-refractivity contribution is 5.74. The Morgan fingerprint density at radius 1 is 1.22 bits per heavy atom. The maximum atomic E-state index is 13.2. The average Bonchev–Trinajstić information content (AvgIpc) is 2.39. The summed E-state index contributed by atoms with van der Waals surface area (Å²) in [5, 5.41) is 8.27. The third-order valence-corrected chi connectivity index (χ3v) is 2.52. The van der Waals surface area contributed by atoms with E-state index < -0.39 is 0 Å². The van der Waals surface area contributed by atoms with Crippen LogP contribution >= 0.6 is 0 Å². The molecule has 0 aliphatic heterocycles. The fraction of sp³-hybridized carbons (Fsp3) is 0.462. The van der Waals surface area contributed by atoms with Gasteiger partial charge in [-0.05, 0) is 25.0 Å². The van der Waals surface area contributed by atoms with Crippen LogP contribution in [0.2, 0.25) is 0 Å². The van der Waals surface area contributed by atoms with Gasteiger partial charge in [-0.25, -0.2) is 9.87 Å². The molecule has 5 heteroatoms. The van der Waals surface area contributed by atoms with Crippen molar-refractivity contribution in [2.24, 2.45) is 0 Å². The van der Waals surface area contributed by atoms with E-state index in [9.17, 15) is 9.18 Å². The molecule has 4 nitrogen and oxygen atoms in total. The molecule has 0 saturated carbocycles. The third kappa shape index (κ3) is 5.63. The summed E-state index contributed by atoms with van der Waals surface area (Å²) < 4.78 is 18.4. The molecule has 18 heavy (non-hydrogen) atoms. The Morgan fingerprint density at radius 3 is 2.67 bits per heavy atom. The molecule has 100 valence electrons. The zero-order valence-corrected chi connectivity index (χ0v) is 10.2. The summed E-state index contributed by atoms with van der Waals surface area (Å²) in [7, 11) is 0. The maximum Gasteiger partial charge on any atom is 0.243 e. The fourth-order valence-corrected chi connectivity index (χ4v) is 1.54. The van der Waals surface area contributed by atoms with E-state index in [-0.39, 0.29) is 17.5 Å². The lowest BCUT2D eigenvalue weighted by Crippen LogP contribution is -2.17. The molecule has 1 aromatic rings. The molecular weight excluding hydrogens is 237 g/mol. The lowest BCUT2D eigenvalue weighted by atomic mass is 10.1. The fourth-order valence-electron chi connectivity index (χ4n) is 1.54. The number of unbranched alkanes of at least 4 members (excludes halogenated alkanes) is 3. The van der Waals surface area contributed by atoms with Gasteiger partial charge in [-0.3, -0.25) is 10.0 Å². The molecule has 0 unspecified atom stereocenters. The molecule has 0 aliphatic rings. The van der Waals surface area contributed by atoms with Crippen molar-refractivity contribution >= 4 is 5.91 Å². The van der Waals surface area contributed by atoms with Crippen LogP contribution in [0.4, 0.5) is 4.39 Å². The number of halogens is 1. The molecule has 1 amide bonds. The number of amides is 1. The van der Waals surface area contributed by atoms with Gasteiger partial charge in [-0.1, -0.05) is 25.0 Å². The van der Waals surface area contributed by atoms with Crippen LogP contribution in [-0.2, 0) is 4.79 Å². The number of hydrogen-bond donors (Lipinski definition) is 2. The molecular formula is C13H18FNO3. The summed E-state index contributed by atoms with van der Waals surface area (Å²) in [6.07, 6.45) is 3.66. The summed E-state index contributed by atoms with van der Waals surface area (Å²) in [4.78, 5) is 10.7. The number of rotatable bonds is 8. The van der Waals surface area contributed by atoms with Gasteiger partial charge in [0.1, 0.15) is 0 Å². The van der Waals surface area contributed by atoms with E-state index in [0.717, 1.165) is 25.7 Å². The van der Waals surface area contributed by atoms with Crippen molar-refractivity contribution in [3.63, 3.8) is 0 Å². The number of ether oxygens (including phenoxy) is 1. The first-order valence-electron chi connectivity index (χ1n) is 6.04. The number of para-hydroxylation sites is 1. The summed E-state index contributed by atoms with van der Waals surface area (Å²) >= 11 is 0. The Kier molecular flexibility index (Phi) is 6.79. The van der Waals surface area contributed by atoms with Crippen molar-refractivity contribution in [2.45, 2.75) is 32.1 Å². The number of hydrogen-bond acceptors (Lipinski definition) is 3. The highest BCUT2D eigenvalue weighted by atomic mass is 19.1. The summed E-state index contributed by atoms with van der Waals surface area (Å²) in [6, 6.07) is 6.31. The van der Waals surface area contributed by atoms with Crippen molar-refractivity contribution in [1.29, 1.82) is 0 Å². The van der Waals surface area contributed by atoms with E-state index in [1.54, 1.807) is 23.7 Å². The van der Waals surface area contributed by atoms with Gasteiger partial charge in [0.05, 0.1) is 6.61 Å². The summed E-state index contributed by atoms with van der Waals surface area (Å²) in [5.41, 5.74) is 1.59. The normalized spacial score (nSPS) is 10.1. The van der Waals surface area contributed by atoms with Gasteiger partial charge < -0.3 is 4.74 Å². The Bertz CT molecular complexity index is 371. The van der Waals surface area contributed by atoms with Crippen molar-refractivity contribution < 1.29 is 19.1 Å². The molecule has 0 fully saturated rings. The minimum atomic E-state index is -0.363. The molecule has 0 heterocycles.